The van der Waals surface area contributed by atoms with Gasteiger partial charge in [-0.25, -0.2) is 0 Å². The lowest BCUT2D eigenvalue weighted by Gasteiger charge is -2.04. The normalized spacial score (nSPS) is 10.0. The van der Waals surface area contributed by atoms with Crippen LogP contribution in [0.2, 0.25) is 0 Å². The van der Waals surface area contributed by atoms with E-state index >= 15 is 0 Å². The second kappa shape index (κ2) is 7.09. The van der Waals surface area contributed by atoms with Crippen LogP contribution < -0.4 is 5.73 Å². The quantitative estimate of drug-likeness (QED) is 0.606. The van der Waals surface area contributed by atoms with Gasteiger partial charge in [-0.15, -0.1) is 0 Å². The molecule has 0 unspecified atom stereocenters. The molecule has 0 spiro atoms. The third kappa shape index (κ3) is 5.00. The summed E-state index contributed by atoms with van der Waals surface area (Å²) in [6, 6.07) is 8.52. The van der Waals surface area contributed by atoms with Gasteiger partial charge in [-0.2, -0.15) is 0 Å². The maximum atomic E-state index is 5.42. The predicted octanol–water partition coefficient (Wildman–Crippen LogP) is 2.98. The first-order valence-corrected chi connectivity index (χ1v) is 6.00. The Morgan fingerprint density at radius 2 is 2.12 bits per heavy atom. The molecule has 1 rings (SSSR count). The molecule has 0 aliphatic heterocycles. The van der Waals surface area contributed by atoms with E-state index in [0.717, 1.165) is 31.4 Å². The third-order valence-electron chi connectivity index (χ3n) is 2.31. The van der Waals surface area contributed by atoms with Crippen molar-refractivity contribution in [1.29, 1.82) is 0 Å². The van der Waals surface area contributed by atoms with Crippen LogP contribution in [0.5, 0.6) is 0 Å². The Bertz CT molecular complexity index is 369. The van der Waals surface area contributed by atoms with Gasteiger partial charge in [0.1, 0.15) is 0 Å². The molecule has 0 aliphatic rings. The van der Waals surface area contributed by atoms with E-state index in [1.807, 2.05) is 0 Å². The van der Waals surface area contributed by atoms with Crippen LogP contribution in [0.15, 0.2) is 24.3 Å². The molecular formula is C15H21N. The van der Waals surface area contributed by atoms with Crippen LogP contribution in [-0.4, -0.2) is 6.54 Å². The van der Waals surface area contributed by atoms with Crippen LogP contribution in [0.1, 0.15) is 37.8 Å². The first-order valence-electron chi connectivity index (χ1n) is 6.00. The minimum Gasteiger partial charge on any atom is -0.330 e. The standard InChI is InChI=1S/C15H21N/c1-13(2)11-15-9-6-8-14(12-15)7-4-3-5-10-16/h6,8-9,12-13H,3,5,10-11,16H2,1-2H3. The monoisotopic (exact) mass is 215 g/mol. The molecule has 1 heteroatoms. The van der Waals surface area contributed by atoms with Crippen LogP contribution in [0.3, 0.4) is 0 Å². The molecule has 0 aliphatic carbocycles. The van der Waals surface area contributed by atoms with Crippen molar-refractivity contribution >= 4 is 0 Å². The summed E-state index contributed by atoms with van der Waals surface area (Å²) >= 11 is 0. The first-order chi connectivity index (χ1) is 7.72. The smallest absolute Gasteiger partial charge is 0.0247 e. The summed E-state index contributed by atoms with van der Waals surface area (Å²) in [5.41, 5.74) is 7.92. The molecule has 0 fully saturated rings. The average molecular weight is 215 g/mol. The summed E-state index contributed by atoms with van der Waals surface area (Å²) < 4.78 is 0. The fraction of sp³-hybridized carbons (Fsp3) is 0.467. The topological polar surface area (TPSA) is 26.0 Å². The number of rotatable bonds is 4. The second-order valence-corrected chi connectivity index (χ2v) is 4.49. The maximum Gasteiger partial charge on any atom is 0.0247 e. The molecule has 0 heterocycles. The van der Waals surface area contributed by atoms with E-state index in [2.05, 4.69) is 50.0 Å². The molecule has 0 radical (unpaired) electrons. The average Bonchev–Trinajstić information content (AvgIpc) is 2.24. The van der Waals surface area contributed by atoms with Gasteiger partial charge < -0.3 is 5.73 Å². The van der Waals surface area contributed by atoms with E-state index < -0.39 is 0 Å². The Kier molecular flexibility index (Phi) is 5.67. The second-order valence-electron chi connectivity index (χ2n) is 4.49. The van der Waals surface area contributed by atoms with Gasteiger partial charge >= 0.3 is 0 Å². The van der Waals surface area contributed by atoms with Gasteiger partial charge in [-0.3, -0.25) is 0 Å². The third-order valence-corrected chi connectivity index (χ3v) is 2.31. The molecule has 1 aromatic carbocycles. The molecule has 0 amide bonds. The Morgan fingerprint density at radius 3 is 2.81 bits per heavy atom. The van der Waals surface area contributed by atoms with Crippen molar-refractivity contribution < 1.29 is 0 Å². The molecule has 0 saturated carbocycles. The van der Waals surface area contributed by atoms with E-state index in [-0.39, 0.29) is 0 Å². The Balaban J connectivity index is 2.62. The van der Waals surface area contributed by atoms with Gasteiger partial charge in [0, 0.05) is 12.0 Å². The highest BCUT2D eigenvalue weighted by Gasteiger charge is 1.97. The van der Waals surface area contributed by atoms with Crippen LogP contribution >= 0.6 is 0 Å². The van der Waals surface area contributed by atoms with Crippen molar-refractivity contribution in [3.8, 4) is 11.8 Å². The summed E-state index contributed by atoms with van der Waals surface area (Å²) in [4.78, 5) is 0. The Morgan fingerprint density at radius 1 is 1.31 bits per heavy atom. The fourth-order valence-electron chi connectivity index (χ4n) is 1.60. The highest BCUT2D eigenvalue weighted by atomic mass is 14.5. The van der Waals surface area contributed by atoms with Gasteiger partial charge in [0.15, 0.2) is 0 Å². The predicted molar refractivity (Wildman–Crippen MR) is 70.2 cm³/mol. The Hall–Kier alpha value is -1.26. The van der Waals surface area contributed by atoms with Crippen LogP contribution in [-0.2, 0) is 6.42 Å². The zero-order valence-electron chi connectivity index (χ0n) is 10.3. The number of benzene rings is 1. The van der Waals surface area contributed by atoms with Crippen molar-refractivity contribution in [2.24, 2.45) is 11.7 Å². The van der Waals surface area contributed by atoms with E-state index in [9.17, 15) is 0 Å². The highest BCUT2D eigenvalue weighted by molar-refractivity contribution is 5.37. The van der Waals surface area contributed by atoms with Crippen molar-refractivity contribution in [2.45, 2.75) is 33.1 Å². The SMILES string of the molecule is CC(C)Cc1cccc(C#CCCCN)c1. The van der Waals surface area contributed by atoms with Crippen LogP contribution in [0.4, 0.5) is 0 Å². The molecule has 2 N–H and O–H groups in total. The fourth-order valence-corrected chi connectivity index (χ4v) is 1.60. The molecule has 0 saturated heterocycles. The summed E-state index contributed by atoms with van der Waals surface area (Å²) in [6.07, 6.45) is 3.00. The molecule has 16 heavy (non-hydrogen) atoms. The van der Waals surface area contributed by atoms with Gasteiger partial charge in [0.25, 0.3) is 0 Å². The minimum atomic E-state index is 0.695. The summed E-state index contributed by atoms with van der Waals surface area (Å²) in [5, 5.41) is 0. The summed E-state index contributed by atoms with van der Waals surface area (Å²) in [6.45, 7) is 5.20. The lowest BCUT2D eigenvalue weighted by atomic mass is 10.0. The van der Waals surface area contributed by atoms with Gasteiger partial charge in [-0.05, 0) is 43.0 Å². The van der Waals surface area contributed by atoms with Crippen LogP contribution in [0.25, 0.3) is 0 Å². The van der Waals surface area contributed by atoms with E-state index in [1.165, 1.54) is 5.56 Å². The van der Waals surface area contributed by atoms with E-state index in [4.69, 9.17) is 5.73 Å². The van der Waals surface area contributed by atoms with Gasteiger partial charge in [0.05, 0.1) is 0 Å². The summed E-state index contributed by atoms with van der Waals surface area (Å²) in [7, 11) is 0. The minimum absolute atomic E-state index is 0.695. The molecular weight excluding hydrogens is 194 g/mol. The first kappa shape index (κ1) is 12.8. The lowest BCUT2D eigenvalue weighted by molar-refractivity contribution is 0.647. The molecule has 0 bridgehead atoms. The molecule has 1 aromatic rings. The van der Waals surface area contributed by atoms with E-state index in [0.29, 0.717) is 5.92 Å². The van der Waals surface area contributed by atoms with Crippen molar-refractivity contribution in [2.75, 3.05) is 6.54 Å². The zero-order valence-corrected chi connectivity index (χ0v) is 10.3. The summed E-state index contributed by atoms with van der Waals surface area (Å²) in [5.74, 6) is 7.04. The van der Waals surface area contributed by atoms with Crippen molar-refractivity contribution in [3.05, 3.63) is 35.4 Å². The number of hydrogen-bond acceptors (Lipinski definition) is 1. The number of nitrogens with two attached hydrogens (primary N) is 1. The molecule has 86 valence electrons. The molecule has 1 nitrogen and oxygen atoms in total. The number of unbranched alkanes of at least 4 members (excludes halogenated alkanes) is 1. The Labute approximate surface area is 99.1 Å². The van der Waals surface area contributed by atoms with E-state index in [1.54, 1.807) is 0 Å². The number of hydrogen-bond donors (Lipinski definition) is 1. The van der Waals surface area contributed by atoms with Gasteiger partial charge in [-0.1, -0.05) is 37.8 Å². The molecule has 0 aromatic heterocycles. The molecule has 0 atom stereocenters. The zero-order chi connectivity index (χ0) is 11.8. The van der Waals surface area contributed by atoms with Crippen molar-refractivity contribution in [1.82, 2.24) is 0 Å². The highest BCUT2D eigenvalue weighted by Crippen LogP contribution is 2.09. The largest absolute Gasteiger partial charge is 0.330 e. The van der Waals surface area contributed by atoms with Gasteiger partial charge in [0.2, 0.25) is 0 Å². The lowest BCUT2D eigenvalue weighted by Crippen LogP contribution is -1.96. The van der Waals surface area contributed by atoms with Crippen LogP contribution in [0, 0.1) is 17.8 Å². The maximum absolute atomic E-state index is 5.42. The van der Waals surface area contributed by atoms with Crippen molar-refractivity contribution in [3.63, 3.8) is 0 Å².